The Labute approximate surface area is 107 Å². The van der Waals surface area contributed by atoms with Crippen LogP contribution in [0.15, 0.2) is 18.2 Å². The van der Waals surface area contributed by atoms with Crippen LogP contribution in [-0.2, 0) is 16.0 Å². The molecular formula is C13H19NO4. The van der Waals surface area contributed by atoms with Gasteiger partial charge in [0.05, 0.1) is 33.0 Å². The van der Waals surface area contributed by atoms with Crippen LogP contribution in [0.1, 0.15) is 5.56 Å². The molecule has 2 N–H and O–H groups in total. The van der Waals surface area contributed by atoms with Crippen LogP contribution in [0.2, 0.25) is 0 Å². The maximum Gasteiger partial charge on any atom is 0.160 e. The lowest BCUT2D eigenvalue weighted by atomic mass is 10.2. The third kappa shape index (κ3) is 3.60. The summed E-state index contributed by atoms with van der Waals surface area (Å²) in [5, 5.41) is 12.8. The van der Waals surface area contributed by atoms with Gasteiger partial charge >= 0.3 is 0 Å². The van der Waals surface area contributed by atoms with Gasteiger partial charge in [0.15, 0.2) is 11.5 Å². The Hall–Kier alpha value is -1.30. The van der Waals surface area contributed by atoms with Crippen LogP contribution in [0.4, 0.5) is 0 Å². The number of hydrogen-bond acceptors (Lipinski definition) is 5. The van der Waals surface area contributed by atoms with E-state index in [2.05, 4.69) is 5.32 Å². The fourth-order valence-corrected chi connectivity index (χ4v) is 1.86. The lowest BCUT2D eigenvalue weighted by Gasteiger charge is -2.23. The number of phenolic OH excluding ortho intramolecular Hbond substituents is 1. The second kappa shape index (κ2) is 6.58. The van der Waals surface area contributed by atoms with Gasteiger partial charge in [0.2, 0.25) is 0 Å². The van der Waals surface area contributed by atoms with E-state index in [0.717, 1.165) is 12.1 Å². The van der Waals surface area contributed by atoms with Crippen molar-refractivity contribution in [2.75, 3.05) is 33.5 Å². The fourth-order valence-electron chi connectivity index (χ4n) is 1.86. The molecule has 18 heavy (non-hydrogen) atoms. The van der Waals surface area contributed by atoms with Gasteiger partial charge in [0, 0.05) is 13.1 Å². The highest BCUT2D eigenvalue weighted by atomic mass is 16.6. The largest absolute Gasteiger partial charge is 0.504 e. The molecule has 0 aromatic heterocycles. The van der Waals surface area contributed by atoms with Crippen molar-refractivity contribution in [1.29, 1.82) is 0 Å². The number of rotatable bonds is 5. The van der Waals surface area contributed by atoms with Crippen molar-refractivity contribution in [3.05, 3.63) is 23.8 Å². The first-order valence-electron chi connectivity index (χ1n) is 6.05. The highest BCUT2D eigenvalue weighted by Crippen LogP contribution is 2.26. The van der Waals surface area contributed by atoms with Crippen LogP contribution in [0.3, 0.4) is 0 Å². The quantitative estimate of drug-likeness (QED) is 0.816. The summed E-state index contributed by atoms with van der Waals surface area (Å²) in [7, 11) is 1.54. The van der Waals surface area contributed by atoms with Gasteiger partial charge in [-0.05, 0) is 17.7 Å². The van der Waals surface area contributed by atoms with Gasteiger partial charge in [0.25, 0.3) is 0 Å². The molecule has 100 valence electrons. The highest BCUT2D eigenvalue weighted by Gasteiger charge is 2.13. The van der Waals surface area contributed by atoms with Crippen molar-refractivity contribution in [3.63, 3.8) is 0 Å². The van der Waals surface area contributed by atoms with Crippen LogP contribution >= 0.6 is 0 Å². The zero-order valence-electron chi connectivity index (χ0n) is 10.5. The molecule has 5 heteroatoms. The summed E-state index contributed by atoms with van der Waals surface area (Å²) >= 11 is 0. The lowest BCUT2D eigenvalue weighted by Crippen LogP contribution is -2.37. The number of ether oxygens (including phenoxy) is 3. The normalized spacial score (nSPS) is 19.7. The van der Waals surface area contributed by atoms with E-state index in [4.69, 9.17) is 14.2 Å². The molecule has 1 fully saturated rings. The van der Waals surface area contributed by atoms with Gasteiger partial charge in [-0.25, -0.2) is 0 Å². The molecule has 1 heterocycles. The standard InChI is InChI=1S/C13H19NO4/c1-16-13-6-10(2-3-12(13)15)7-14-8-11-9-17-4-5-18-11/h2-3,6,11,14-15H,4-5,7-9H2,1H3. The highest BCUT2D eigenvalue weighted by molar-refractivity contribution is 5.41. The Morgan fingerprint density at radius 2 is 2.33 bits per heavy atom. The number of hydrogen-bond donors (Lipinski definition) is 2. The minimum Gasteiger partial charge on any atom is -0.504 e. The Morgan fingerprint density at radius 1 is 1.44 bits per heavy atom. The zero-order valence-corrected chi connectivity index (χ0v) is 10.5. The minimum atomic E-state index is 0.123. The molecule has 0 spiro atoms. The van der Waals surface area contributed by atoms with Crippen molar-refractivity contribution < 1.29 is 19.3 Å². The molecule has 0 radical (unpaired) electrons. The number of methoxy groups -OCH3 is 1. The van der Waals surface area contributed by atoms with Crippen LogP contribution in [0, 0.1) is 0 Å². The molecule has 1 saturated heterocycles. The molecule has 1 aromatic rings. The average Bonchev–Trinajstić information content (AvgIpc) is 2.42. The zero-order chi connectivity index (χ0) is 12.8. The summed E-state index contributed by atoms with van der Waals surface area (Å²) in [6.45, 7) is 3.45. The van der Waals surface area contributed by atoms with Gasteiger partial charge < -0.3 is 24.6 Å². The van der Waals surface area contributed by atoms with E-state index < -0.39 is 0 Å². The van der Waals surface area contributed by atoms with Crippen molar-refractivity contribution in [2.45, 2.75) is 12.6 Å². The second-order valence-electron chi connectivity index (χ2n) is 4.20. The molecule has 0 bridgehead atoms. The number of nitrogens with one attached hydrogen (secondary N) is 1. The van der Waals surface area contributed by atoms with Gasteiger partial charge in [-0.3, -0.25) is 0 Å². The smallest absolute Gasteiger partial charge is 0.160 e. The fraction of sp³-hybridized carbons (Fsp3) is 0.538. The number of phenols is 1. The van der Waals surface area contributed by atoms with E-state index in [9.17, 15) is 5.11 Å². The molecule has 0 amide bonds. The summed E-state index contributed by atoms with van der Waals surface area (Å²) < 4.78 is 15.9. The molecule has 1 unspecified atom stereocenters. The van der Waals surface area contributed by atoms with Crippen LogP contribution < -0.4 is 10.1 Å². The van der Waals surface area contributed by atoms with Gasteiger partial charge in [-0.1, -0.05) is 6.07 Å². The maximum atomic E-state index is 9.48. The predicted octanol–water partition coefficient (Wildman–Crippen LogP) is 0.906. The third-order valence-corrected chi connectivity index (χ3v) is 2.83. The molecule has 1 aliphatic heterocycles. The van der Waals surface area contributed by atoms with Crippen molar-refractivity contribution in [1.82, 2.24) is 5.32 Å². The first-order chi connectivity index (χ1) is 8.79. The van der Waals surface area contributed by atoms with E-state index in [-0.39, 0.29) is 11.9 Å². The van der Waals surface area contributed by atoms with Crippen LogP contribution in [-0.4, -0.2) is 44.7 Å². The number of benzene rings is 1. The van der Waals surface area contributed by atoms with E-state index in [0.29, 0.717) is 32.1 Å². The van der Waals surface area contributed by atoms with E-state index >= 15 is 0 Å². The second-order valence-corrected chi connectivity index (χ2v) is 4.20. The van der Waals surface area contributed by atoms with Crippen molar-refractivity contribution in [2.24, 2.45) is 0 Å². The lowest BCUT2D eigenvalue weighted by molar-refractivity contribution is -0.0864. The monoisotopic (exact) mass is 253 g/mol. The molecule has 2 rings (SSSR count). The van der Waals surface area contributed by atoms with E-state index in [1.165, 1.54) is 0 Å². The molecule has 1 atom stereocenters. The summed E-state index contributed by atoms with van der Waals surface area (Å²) in [6, 6.07) is 5.32. The third-order valence-electron chi connectivity index (χ3n) is 2.83. The molecule has 1 aromatic carbocycles. The molecular weight excluding hydrogens is 234 g/mol. The number of aromatic hydroxyl groups is 1. The first-order valence-corrected chi connectivity index (χ1v) is 6.05. The summed E-state index contributed by atoms with van der Waals surface area (Å²) in [6.07, 6.45) is 0.123. The molecule has 0 aliphatic carbocycles. The van der Waals surface area contributed by atoms with Gasteiger partial charge in [-0.2, -0.15) is 0 Å². The summed E-state index contributed by atoms with van der Waals surface area (Å²) in [5.74, 6) is 0.650. The Morgan fingerprint density at radius 3 is 3.06 bits per heavy atom. The SMILES string of the molecule is COc1cc(CNCC2COCCO2)ccc1O. The van der Waals surface area contributed by atoms with Crippen LogP contribution in [0.25, 0.3) is 0 Å². The Balaban J connectivity index is 1.79. The predicted molar refractivity (Wildman–Crippen MR) is 66.9 cm³/mol. The molecule has 5 nitrogen and oxygen atoms in total. The van der Waals surface area contributed by atoms with E-state index in [1.807, 2.05) is 12.1 Å². The van der Waals surface area contributed by atoms with Crippen LogP contribution in [0.5, 0.6) is 11.5 Å². The Kier molecular flexibility index (Phi) is 4.81. The van der Waals surface area contributed by atoms with Gasteiger partial charge in [-0.15, -0.1) is 0 Å². The molecule has 0 saturated carbocycles. The molecule has 1 aliphatic rings. The van der Waals surface area contributed by atoms with Crippen molar-refractivity contribution in [3.8, 4) is 11.5 Å². The average molecular weight is 253 g/mol. The topological polar surface area (TPSA) is 60.0 Å². The maximum absolute atomic E-state index is 9.48. The first kappa shape index (κ1) is 13.1. The minimum absolute atomic E-state index is 0.123. The summed E-state index contributed by atoms with van der Waals surface area (Å²) in [5.41, 5.74) is 1.06. The summed E-state index contributed by atoms with van der Waals surface area (Å²) in [4.78, 5) is 0. The van der Waals surface area contributed by atoms with E-state index in [1.54, 1.807) is 13.2 Å². The van der Waals surface area contributed by atoms with Gasteiger partial charge in [0.1, 0.15) is 0 Å². The Bertz CT molecular complexity index is 377. The van der Waals surface area contributed by atoms with Crippen molar-refractivity contribution >= 4 is 0 Å².